The zero-order chi connectivity index (χ0) is 15.2. The van der Waals surface area contributed by atoms with Crippen LogP contribution < -0.4 is 15.4 Å². The van der Waals surface area contributed by atoms with Crippen LogP contribution >= 0.6 is 12.2 Å². The van der Waals surface area contributed by atoms with E-state index in [2.05, 4.69) is 10.6 Å². The summed E-state index contributed by atoms with van der Waals surface area (Å²) in [7, 11) is 0. The maximum absolute atomic E-state index is 12.5. The zero-order valence-corrected chi connectivity index (χ0v) is 13.0. The minimum atomic E-state index is -0.909. The summed E-state index contributed by atoms with van der Waals surface area (Å²) in [5.41, 5.74) is 0.0115. The lowest BCUT2D eigenvalue weighted by atomic mass is 9.80. The Balaban J connectivity index is 2.05. The first-order valence-corrected chi connectivity index (χ1v) is 7.38. The van der Waals surface area contributed by atoms with Crippen molar-refractivity contribution in [3.8, 4) is 5.75 Å². The summed E-state index contributed by atoms with van der Waals surface area (Å²) in [4.78, 5) is 12.5. The topological polar surface area (TPSA) is 59.6 Å². The maximum atomic E-state index is 12.5. The van der Waals surface area contributed by atoms with Crippen molar-refractivity contribution in [1.82, 2.24) is 10.6 Å². The third-order valence-corrected chi connectivity index (χ3v) is 3.98. The molecule has 0 saturated carbocycles. The maximum Gasteiger partial charge on any atom is 0.317 e. The molecule has 2 bridgehead atoms. The fourth-order valence-corrected chi connectivity index (χ4v) is 3.28. The van der Waals surface area contributed by atoms with Crippen LogP contribution in [0.5, 0.6) is 5.75 Å². The summed E-state index contributed by atoms with van der Waals surface area (Å²) in [5.74, 6) is -0.0582. The van der Waals surface area contributed by atoms with Gasteiger partial charge in [-0.1, -0.05) is 18.2 Å². The van der Waals surface area contributed by atoms with Crippen LogP contribution in [0.2, 0.25) is 0 Å². The second kappa shape index (κ2) is 4.87. The van der Waals surface area contributed by atoms with E-state index in [4.69, 9.17) is 21.7 Å². The highest BCUT2D eigenvalue weighted by atomic mass is 32.1. The molecular weight excluding hydrogens is 288 g/mol. The number of hydrogen-bond donors (Lipinski definition) is 2. The quantitative estimate of drug-likeness (QED) is 0.643. The fraction of sp³-hybridized carbons (Fsp3) is 0.467. The average Bonchev–Trinajstić information content (AvgIpc) is 2.35. The van der Waals surface area contributed by atoms with Gasteiger partial charge in [0.2, 0.25) is 0 Å². The second-order valence-electron chi connectivity index (χ2n) is 5.79. The normalized spacial score (nSPS) is 29.8. The van der Waals surface area contributed by atoms with E-state index in [1.165, 1.54) is 0 Å². The van der Waals surface area contributed by atoms with E-state index in [9.17, 15) is 4.79 Å². The Morgan fingerprint density at radius 1 is 1.43 bits per heavy atom. The van der Waals surface area contributed by atoms with Crippen molar-refractivity contribution in [1.29, 1.82) is 0 Å². The molecule has 1 fully saturated rings. The minimum absolute atomic E-state index is 0.175. The largest absolute Gasteiger partial charge is 0.467 e. The molecule has 21 heavy (non-hydrogen) atoms. The third kappa shape index (κ3) is 2.33. The van der Waals surface area contributed by atoms with Crippen LogP contribution in [0.4, 0.5) is 0 Å². The number of fused-ring (bicyclic) bond motifs is 4. The molecule has 5 nitrogen and oxygen atoms in total. The van der Waals surface area contributed by atoms with Crippen molar-refractivity contribution < 1.29 is 14.3 Å². The molecule has 2 heterocycles. The molecule has 1 saturated heterocycles. The van der Waals surface area contributed by atoms with E-state index in [0.717, 1.165) is 11.3 Å². The molecule has 1 aromatic rings. The Labute approximate surface area is 129 Å². The summed E-state index contributed by atoms with van der Waals surface area (Å²) in [6, 6.07) is 7.41. The van der Waals surface area contributed by atoms with Gasteiger partial charge in [0.1, 0.15) is 11.7 Å². The molecule has 6 heteroatoms. The first kappa shape index (κ1) is 14.1. The second-order valence-corrected chi connectivity index (χ2v) is 6.19. The Kier molecular flexibility index (Phi) is 3.28. The molecule has 2 aliphatic rings. The van der Waals surface area contributed by atoms with E-state index in [1.54, 1.807) is 0 Å². The number of carbonyl (C=O) groups excluding carboxylic acids is 1. The summed E-state index contributed by atoms with van der Waals surface area (Å²) < 4.78 is 11.4. The molecule has 0 aromatic heterocycles. The number of benzene rings is 1. The first-order chi connectivity index (χ1) is 9.90. The molecule has 2 N–H and O–H groups in total. The first-order valence-electron chi connectivity index (χ1n) is 6.98. The molecule has 3 atom stereocenters. The highest BCUT2D eigenvalue weighted by molar-refractivity contribution is 7.80. The lowest BCUT2D eigenvalue weighted by Gasteiger charge is -2.50. The summed E-state index contributed by atoms with van der Waals surface area (Å²) in [6.45, 7) is 5.49. The van der Waals surface area contributed by atoms with Crippen LogP contribution in [0.15, 0.2) is 24.3 Å². The Bertz CT molecular complexity index is 604. The van der Waals surface area contributed by atoms with Crippen LogP contribution in [0.1, 0.15) is 32.4 Å². The van der Waals surface area contributed by atoms with Crippen molar-refractivity contribution >= 4 is 23.3 Å². The van der Waals surface area contributed by atoms with Gasteiger partial charge in [-0.05, 0) is 39.1 Å². The molecule has 2 aliphatic heterocycles. The molecule has 0 aliphatic carbocycles. The molecule has 0 amide bonds. The Hall–Kier alpha value is -1.82. The van der Waals surface area contributed by atoms with Crippen molar-refractivity contribution in [2.45, 2.75) is 38.6 Å². The van der Waals surface area contributed by atoms with Crippen molar-refractivity contribution in [3.05, 3.63) is 29.8 Å². The van der Waals surface area contributed by atoms with Crippen molar-refractivity contribution in [2.24, 2.45) is 5.92 Å². The molecule has 3 rings (SSSR count). The van der Waals surface area contributed by atoms with Gasteiger partial charge in [0.05, 0.1) is 12.1 Å². The van der Waals surface area contributed by atoms with E-state index in [1.807, 2.05) is 45.0 Å². The molecule has 0 spiro atoms. The lowest BCUT2D eigenvalue weighted by Crippen LogP contribution is -2.70. The number of para-hydroxylation sites is 1. The number of ether oxygens (including phenoxy) is 2. The fourth-order valence-electron chi connectivity index (χ4n) is 2.95. The summed E-state index contributed by atoms with van der Waals surface area (Å²) in [5, 5.41) is 6.72. The SMILES string of the molecule is CC(C)OC(=O)[C@@H]1[C@@H]2NC(=S)N[C@@]1(C)Oc1ccccc12. The highest BCUT2D eigenvalue weighted by Crippen LogP contribution is 2.45. The van der Waals surface area contributed by atoms with Crippen LogP contribution in [0, 0.1) is 5.92 Å². The highest BCUT2D eigenvalue weighted by Gasteiger charge is 2.55. The van der Waals surface area contributed by atoms with Crippen LogP contribution in [-0.4, -0.2) is 22.9 Å². The lowest BCUT2D eigenvalue weighted by molar-refractivity contribution is -0.166. The predicted octanol–water partition coefficient (Wildman–Crippen LogP) is 1.88. The van der Waals surface area contributed by atoms with Gasteiger partial charge < -0.3 is 20.1 Å². The molecule has 0 unspecified atom stereocenters. The minimum Gasteiger partial charge on any atom is -0.467 e. The van der Waals surface area contributed by atoms with E-state index in [0.29, 0.717) is 5.11 Å². The molecule has 1 aromatic carbocycles. The van der Waals surface area contributed by atoms with Gasteiger partial charge in [-0.15, -0.1) is 0 Å². The van der Waals surface area contributed by atoms with Gasteiger partial charge in [-0.3, -0.25) is 4.79 Å². The summed E-state index contributed by atoms with van der Waals surface area (Å²) in [6.07, 6.45) is -0.175. The monoisotopic (exact) mass is 306 g/mol. The zero-order valence-electron chi connectivity index (χ0n) is 12.2. The van der Waals surface area contributed by atoms with E-state index >= 15 is 0 Å². The standard InChI is InChI=1S/C15H18N2O3S/c1-8(2)19-13(18)11-12-9-6-4-5-7-10(9)20-15(11,3)17-14(21)16-12/h4-8,11-12H,1-3H3,(H2,16,17,21)/t11-,12+,15-/m0/s1. The van der Waals surface area contributed by atoms with Gasteiger partial charge in [-0.2, -0.15) is 0 Å². The third-order valence-electron chi connectivity index (χ3n) is 3.76. The van der Waals surface area contributed by atoms with Gasteiger partial charge in [-0.25, -0.2) is 0 Å². The summed E-state index contributed by atoms with van der Waals surface area (Å²) >= 11 is 5.23. The number of esters is 1. The predicted molar refractivity (Wildman–Crippen MR) is 81.8 cm³/mol. The van der Waals surface area contributed by atoms with Crippen LogP contribution in [0.3, 0.4) is 0 Å². The van der Waals surface area contributed by atoms with Gasteiger partial charge in [0.15, 0.2) is 10.8 Å². The number of thiocarbonyl (C=S) groups is 1. The van der Waals surface area contributed by atoms with Crippen molar-refractivity contribution in [2.75, 3.05) is 0 Å². The smallest absolute Gasteiger partial charge is 0.317 e. The number of rotatable bonds is 2. The number of nitrogens with one attached hydrogen (secondary N) is 2. The van der Waals surface area contributed by atoms with E-state index < -0.39 is 11.6 Å². The van der Waals surface area contributed by atoms with Crippen LogP contribution in [-0.2, 0) is 9.53 Å². The Morgan fingerprint density at radius 3 is 2.86 bits per heavy atom. The Morgan fingerprint density at radius 2 is 2.14 bits per heavy atom. The van der Waals surface area contributed by atoms with E-state index in [-0.39, 0.29) is 18.1 Å². The van der Waals surface area contributed by atoms with Crippen LogP contribution in [0.25, 0.3) is 0 Å². The molecule has 112 valence electrons. The van der Waals surface area contributed by atoms with Gasteiger partial charge >= 0.3 is 5.97 Å². The van der Waals surface area contributed by atoms with Crippen molar-refractivity contribution in [3.63, 3.8) is 0 Å². The number of carbonyl (C=O) groups is 1. The molecular formula is C15H18N2O3S. The van der Waals surface area contributed by atoms with Gasteiger partial charge in [0, 0.05) is 5.56 Å². The van der Waals surface area contributed by atoms with Gasteiger partial charge in [0.25, 0.3) is 0 Å². The molecule has 0 radical (unpaired) electrons. The number of hydrogen-bond acceptors (Lipinski definition) is 4. The average molecular weight is 306 g/mol.